The SMILES string of the molecule is CSCCC(NC(=O)C(Cc1c[nH]c2ccccc12)NC(=O)C1CCCN1C(=O)C(N)Cc1ccc(O)cc1)C(=O)O. The van der Waals surface area contributed by atoms with E-state index in [0.717, 1.165) is 22.0 Å². The molecule has 3 aromatic rings. The van der Waals surface area contributed by atoms with E-state index in [1.807, 2.05) is 30.5 Å². The van der Waals surface area contributed by atoms with Crippen LogP contribution >= 0.6 is 11.8 Å². The first-order valence-corrected chi connectivity index (χ1v) is 15.3. The number of carboxylic acid groups (broad SMARTS) is 1. The molecule has 0 aliphatic carbocycles. The van der Waals surface area contributed by atoms with Crippen LogP contribution in [0.5, 0.6) is 5.75 Å². The van der Waals surface area contributed by atoms with Crippen LogP contribution in [0.25, 0.3) is 10.9 Å². The molecule has 7 N–H and O–H groups in total. The number of benzene rings is 2. The Bertz CT molecular complexity index is 1410. The Morgan fingerprint density at radius 1 is 1.07 bits per heavy atom. The average Bonchev–Trinajstić information content (AvgIpc) is 3.63. The van der Waals surface area contributed by atoms with Gasteiger partial charge in [0.25, 0.3) is 0 Å². The first-order chi connectivity index (χ1) is 20.2. The second-order valence-corrected chi connectivity index (χ2v) is 11.5. The third-order valence-corrected chi connectivity index (χ3v) is 8.15. The van der Waals surface area contributed by atoms with Crippen LogP contribution in [0, 0.1) is 0 Å². The average molecular weight is 596 g/mol. The lowest BCUT2D eigenvalue weighted by Gasteiger charge is -2.28. The molecule has 1 aromatic heterocycles. The van der Waals surface area contributed by atoms with E-state index in [9.17, 15) is 29.4 Å². The number of phenols is 1. The van der Waals surface area contributed by atoms with Gasteiger partial charge in [-0.2, -0.15) is 11.8 Å². The van der Waals surface area contributed by atoms with Gasteiger partial charge in [0.1, 0.15) is 23.9 Å². The summed E-state index contributed by atoms with van der Waals surface area (Å²) in [4.78, 5) is 56.8. The Balaban J connectivity index is 1.50. The number of nitrogens with two attached hydrogens (primary N) is 1. The summed E-state index contributed by atoms with van der Waals surface area (Å²) in [7, 11) is 0. The molecule has 42 heavy (non-hydrogen) atoms. The van der Waals surface area contributed by atoms with E-state index in [1.165, 1.54) is 28.8 Å². The molecule has 0 saturated carbocycles. The Hall–Kier alpha value is -4.03. The zero-order chi connectivity index (χ0) is 30.2. The molecular formula is C30H37N5O6S. The number of nitrogens with one attached hydrogen (secondary N) is 3. The molecule has 2 heterocycles. The van der Waals surface area contributed by atoms with Gasteiger partial charge in [-0.15, -0.1) is 0 Å². The monoisotopic (exact) mass is 595 g/mol. The van der Waals surface area contributed by atoms with Crippen LogP contribution in [-0.4, -0.2) is 86.5 Å². The lowest BCUT2D eigenvalue weighted by molar-refractivity contribution is -0.143. The number of H-pyrrole nitrogens is 1. The van der Waals surface area contributed by atoms with Crippen molar-refractivity contribution in [2.45, 2.75) is 56.3 Å². The highest BCUT2D eigenvalue weighted by Crippen LogP contribution is 2.22. The minimum atomic E-state index is -1.15. The van der Waals surface area contributed by atoms with Crippen molar-refractivity contribution in [2.75, 3.05) is 18.6 Å². The number of amides is 3. The molecule has 3 amide bonds. The summed E-state index contributed by atoms with van der Waals surface area (Å²) in [6.07, 6.45) is 5.24. The van der Waals surface area contributed by atoms with Crippen molar-refractivity contribution in [3.8, 4) is 5.75 Å². The maximum atomic E-state index is 13.6. The van der Waals surface area contributed by atoms with Gasteiger partial charge in [-0.25, -0.2) is 4.79 Å². The topological polar surface area (TPSA) is 178 Å². The van der Waals surface area contributed by atoms with Crippen LogP contribution in [0.4, 0.5) is 0 Å². The van der Waals surface area contributed by atoms with Gasteiger partial charge in [0.05, 0.1) is 6.04 Å². The number of phenolic OH excluding ortho intramolecular Hbond substituents is 1. The number of nitrogens with zero attached hydrogens (tertiary/aromatic N) is 1. The molecule has 1 saturated heterocycles. The number of thioether (sulfide) groups is 1. The number of carbonyl (C=O) groups is 4. The smallest absolute Gasteiger partial charge is 0.326 e. The summed E-state index contributed by atoms with van der Waals surface area (Å²) in [6.45, 7) is 0.356. The summed E-state index contributed by atoms with van der Waals surface area (Å²) in [5.74, 6) is -1.97. The van der Waals surface area contributed by atoms with Crippen molar-refractivity contribution in [1.29, 1.82) is 0 Å². The van der Waals surface area contributed by atoms with Gasteiger partial charge >= 0.3 is 5.97 Å². The van der Waals surface area contributed by atoms with Crippen LogP contribution in [-0.2, 0) is 32.0 Å². The highest BCUT2D eigenvalue weighted by atomic mass is 32.2. The van der Waals surface area contributed by atoms with Crippen LogP contribution in [0.3, 0.4) is 0 Å². The predicted molar refractivity (Wildman–Crippen MR) is 161 cm³/mol. The zero-order valence-electron chi connectivity index (χ0n) is 23.4. The van der Waals surface area contributed by atoms with Crippen molar-refractivity contribution < 1.29 is 29.4 Å². The van der Waals surface area contributed by atoms with Crippen LogP contribution in [0.2, 0.25) is 0 Å². The standard InChI is InChI=1S/C30H37N5O6S/c1-42-14-12-24(30(40)41)33-27(37)25(16-19-17-32-23-6-3-2-5-21(19)23)34-28(38)26-7-4-13-35(26)29(39)22(31)15-18-8-10-20(36)11-9-18/h2-3,5-6,8-11,17,22,24-26,32,36H,4,7,12-16,31H2,1H3,(H,33,37)(H,34,38)(H,40,41). The molecule has 0 radical (unpaired) electrons. The molecule has 4 atom stereocenters. The van der Waals surface area contributed by atoms with E-state index in [0.29, 0.717) is 25.1 Å². The molecule has 4 unspecified atom stereocenters. The summed E-state index contributed by atoms with van der Waals surface area (Å²) in [5, 5.41) is 25.5. The summed E-state index contributed by atoms with van der Waals surface area (Å²) in [5.41, 5.74) is 8.67. The number of aliphatic carboxylic acids is 1. The van der Waals surface area contributed by atoms with Crippen LogP contribution < -0.4 is 16.4 Å². The molecule has 1 aliphatic rings. The third-order valence-electron chi connectivity index (χ3n) is 7.50. The van der Waals surface area contributed by atoms with Crippen LogP contribution in [0.15, 0.2) is 54.7 Å². The summed E-state index contributed by atoms with van der Waals surface area (Å²) < 4.78 is 0. The number of para-hydroxylation sites is 1. The lowest BCUT2D eigenvalue weighted by atomic mass is 10.0. The molecule has 224 valence electrons. The van der Waals surface area contributed by atoms with Crippen molar-refractivity contribution >= 4 is 46.4 Å². The Labute approximate surface area is 248 Å². The highest BCUT2D eigenvalue weighted by Gasteiger charge is 2.38. The first kappa shape index (κ1) is 30.9. The molecule has 0 spiro atoms. The number of aromatic hydroxyl groups is 1. The lowest BCUT2D eigenvalue weighted by Crippen LogP contribution is -2.57. The predicted octanol–water partition coefficient (Wildman–Crippen LogP) is 1.78. The molecule has 2 aromatic carbocycles. The fourth-order valence-electron chi connectivity index (χ4n) is 5.25. The van der Waals surface area contributed by atoms with Gasteiger partial charge in [0, 0.05) is 30.1 Å². The van der Waals surface area contributed by atoms with Gasteiger partial charge in [-0.05, 0) is 67.0 Å². The Morgan fingerprint density at radius 3 is 2.52 bits per heavy atom. The van der Waals surface area contributed by atoms with E-state index in [1.54, 1.807) is 18.3 Å². The molecule has 4 rings (SSSR count). The quantitative estimate of drug-likeness (QED) is 0.173. The van der Waals surface area contributed by atoms with Gasteiger partial charge in [-0.1, -0.05) is 30.3 Å². The summed E-state index contributed by atoms with van der Waals surface area (Å²) >= 11 is 1.47. The van der Waals surface area contributed by atoms with E-state index in [-0.39, 0.29) is 30.9 Å². The van der Waals surface area contributed by atoms with E-state index < -0.39 is 42.0 Å². The van der Waals surface area contributed by atoms with Gasteiger partial charge < -0.3 is 36.5 Å². The van der Waals surface area contributed by atoms with Crippen molar-refractivity contribution in [2.24, 2.45) is 5.73 Å². The highest BCUT2D eigenvalue weighted by molar-refractivity contribution is 7.98. The first-order valence-electron chi connectivity index (χ1n) is 13.9. The number of carbonyl (C=O) groups excluding carboxylic acids is 3. The van der Waals surface area contributed by atoms with Crippen molar-refractivity contribution in [3.05, 3.63) is 65.9 Å². The molecule has 1 aliphatic heterocycles. The normalized spacial score (nSPS) is 17.0. The van der Waals surface area contributed by atoms with E-state index >= 15 is 0 Å². The molecule has 12 heteroatoms. The number of aromatic amines is 1. The number of hydrogen-bond donors (Lipinski definition) is 6. The maximum absolute atomic E-state index is 13.6. The molecular weight excluding hydrogens is 558 g/mol. The fourth-order valence-corrected chi connectivity index (χ4v) is 5.72. The van der Waals surface area contributed by atoms with Crippen molar-refractivity contribution in [3.63, 3.8) is 0 Å². The minimum absolute atomic E-state index is 0.111. The number of likely N-dealkylation sites (tertiary alicyclic amines) is 1. The minimum Gasteiger partial charge on any atom is -0.508 e. The molecule has 11 nitrogen and oxygen atoms in total. The Kier molecular flexibility index (Phi) is 10.5. The maximum Gasteiger partial charge on any atom is 0.326 e. The molecule has 0 bridgehead atoms. The molecule has 1 fully saturated rings. The number of rotatable bonds is 13. The Morgan fingerprint density at radius 2 is 1.81 bits per heavy atom. The summed E-state index contributed by atoms with van der Waals surface area (Å²) in [6, 6.07) is 10.1. The van der Waals surface area contributed by atoms with Crippen molar-refractivity contribution in [1.82, 2.24) is 20.5 Å². The van der Waals surface area contributed by atoms with E-state index in [4.69, 9.17) is 5.73 Å². The number of aromatic nitrogens is 1. The van der Waals surface area contributed by atoms with Crippen LogP contribution in [0.1, 0.15) is 30.4 Å². The van der Waals surface area contributed by atoms with Gasteiger partial charge in [0.2, 0.25) is 17.7 Å². The third kappa shape index (κ3) is 7.62. The van der Waals surface area contributed by atoms with Gasteiger partial charge in [0.15, 0.2) is 0 Å². The second kappa shape index (κ2) is 14.2. The largest absolute Gasteiger partial charge is 0.508 e. The number of hydrogen-bond acceptors (Lipinski definition) is 7. The second-order valence-electron chi connectivity index (χ2n) is 10.5. The number of fused-ring (bicyclic) bond motifs is 1. The van der Waals surface area contributed by atoms with Gasteiger partial charge in [-0.3, -0.25) is 14.4 Å². The zero-order valence-corrected chi connectivity index (χ0v) is 24.2. The fraction of sp³-hybridized carbons (Fsp3) is 0.400. The van der Waals surface area contributed by atoms with E-state index in [2.05, 4.69) is 15.6 Å². The number of carboxylic acids is 1.